The Labute approximate surface area is 87.3 Å². The molecule has 0 atom stereocenters. The van der Waals surface area contributed by atoms with Crippen LogP contribution in [0.1, 0.15) is 34.1 Å². The van der Waals surface area contributed by atoms with Crippen LogP contribution in [-0.4, -0.2) is 29.4 Å². The molecule has 0 aromatic rings. The Balaban J connectivity index is 3.23. The zero-order chi connectivity index (χ0) is 10.3. The maximum atomic E-state index is 9.52. The van der Waals surface area contributed by atoms with Gasteiger partial charge < -0.3 is 5.11 Å². The monoisotopic (exact) mass is 216 g/mol. The molecule has 0 rings (SSSR count). The van der Waals surface area contributed by atoms with Gasteiger partial charge in [0.2, 0.25) is 0 Å². The average Bonchev–Trinajstić information content (AvgIpc) is 1.93. The Morgan fingerprint density at radius 2 is 1.92 bits per heavy atom. The summed E-state index contributed by atoms with van der Waals surface area (Å²) in [5, 5.41) is 9.20. The van der Waals surface area contributed by atoms with Crippen molar-refractivity contribution in [3.63, 3.8) is 0 Å². The number of hydrogen-bond donors (Lipinski definition) is 1. The van der Waals surface area contributed by atoms with Gasteiger partial charge in [0, 0.05) is 14.7 Å². The quantitative estimate of drug-likeness (QED) is 0.523. The third-order valence-electron chi connectivity index (χ3n) is 2.05. The molecular formula is C10H24OSi2. The lowest BCUT2D eigenvalue weighted by molar-refractivity contribution is 0.165. The third kappa shape index (κ3) is 12.1. The number of hydrogen-bond acceptors (Lipinski definition) is 1. The summed E-state index contributed by atoms with van der Waals surface area (Å²) in [6.45, 7) is 8.26. The molecule has 0 spiro atoms. The van der Waals surface area contributed by atoms with Gasteiger partial charge in [-0.3, -0.25) is 0 Å². The zero-order valence-electron chi connectivity index (χ0n) is 9.56. The van der Waals surface area contributed by atoms with Crippen LogP contribution in [0, 0.1) is 0 Å². The van der Waals surface area contributed by atoms with Gasteiger partial charge in [-0.1, -0.05) is 24.1 Å². The molecule has 0 saturated carbocycles. The molecule has 0 amide bonds. The fourth-order valence-electron chi connectivity index (χ4n) is 1.27. The van der Waals surface area contributed by atoms with Crippen molar-refractivity contribution in [1.29, 1.82) is 0 Å². The Bertz CT molecular complexity index is 155. The molecule has 78 valence electrons. The molecule has 0 fully saturated rings. The van der Waals surface area contributed by atoms with Crippen molar-refractivity contribution in [2.45, 2.75) is 51.4 Å². The first-order valence-electron chi connectivity index (χ1n) is 5.27. The fourth-order valence-corrected chi connectivity index (χ4v) is 4.87. The van der Waals surface area contributed by atoms with Crippen molar-refractivity contribution >= 4 is 19.0 Å². The van der Waals surface area contributed by atoms with Gasteiger partial charge in [-0.25, -0.2) is 0 Å². The van der Waals surface area contributed by atoms with E-state index in [9.17, 15) is 5.11 Å². The van der Waals surface area contributed by atoms with Crippen molar-refractivity contribution in [3.8, 4) is 0 Å². The van der Waals surface area contributed by atoms with Crippen molar-refractivity contribution in [1.82, 2.24) is 0 Å². The van der Waals surface area contributed by atoms with E-state index in [1.165, 1.54) is 24.1 Å². The normalized spacial score (nSPS) is 13.3. The Kier molecular flexibility index (Phi) is 6.63. The molecule has 0 unspecified atom stereocenters. The van der Waals surface area contributed by atoms with E-state index in [1.54, 1.807) is 0 Å². The highest BCUT2D eigenvalue weighted by Gasteiger charge is 2.11. The lowest BCUT2D eigenvalue weighted by atomic mass is 10.4. The average molecular weight is 216 g/mol. The summed E-state index contributed by atoms with van der Waals surface area (Å²) in [5.74, 6) is 0. The van der Waals surface area contributed by atoms with E-state index in [0.29, 0.717) is 0 Å². The summed E-state index contributed by atoms with van der Waals surface area (Å²) in [4.78, 5) is 0. The van der Waals surface area contributed by atoms with Crippen LogP contribution in [0.4, 0.5) is 0 Å². The molecule has 0 saturated heterocycles. The Morgan fingerprint density at radius 3 is 2.38 bits per heavy atom. The maximum Gasteiger partial charge on any atom is 0.0584 e. The maximum absolute atomic E-state index is 9.52. The minimum atomic E-state index is -0.321. The van der Waals surface area contributed by atoms with Gasteiger partial charge in [-0.05, 0) is 27.7 Å². The summed E-state index contributed by atoms with van der Waals surface area (Å²) in [7, 11) is -0.162. The van der Waals surface area contributed by atoms with Crippen LogP contribution in [0.15, 0.2) is 11.3 Å². The highest BCUT2D eigenvalue weighted by atomic mass is 28.2. The number of rotatable bonds is 6. The topological polar surface area (TPSA) is 20.2 Å². The standard InChI is InChI=1S/C10H24OSi2/c1-9(2)8-12-6-5-7-13-10(3,4)11/h8,11H,5-7,12-13H2,1-4H3. The van der Waals surface area contributed by atoms with Gasteiger partial charge in [0.25, 0.3) is 0 Å². The van der Waals surface area contributed by atoms with Crippen LogP contribution in [0.25, 0.3) is 0 Å². The highest BCUT2D eigenvalue weighted by molar-refractivity contribution is 6.43. The second-order valence-electron chi connectivity index (χ2n) is 4.69. The second-order valence-corrected chi connectivity index (χ2v) is 9.32. The minimum Gasteiger partial charge on any atom is -0.395 e. The number of allylic oxidation sites excluding steroid dienone is 1. The van der Waals surface area contributed by atoms with Gasteiger partial charge in [0.1, 0.15) is 0 Å². The molecule has 0 aromatic carbocycles. The summed E-state index contributed by atoms with van der Waals surface area (Å²) in [6.07, 6.45) is 1.35. The van der Waals surface area contributed by atoms with Crippen LogP contribution in [0.2, 0.25) is 12.1 Å². The predicted molar refractivity (Wildman–Crippen MR) is 67.0 cm³/mol. The van der Waals surface area contributed by atoms with Crippen molar-refractivity contribution in [3.05, 3.63) is 11.3 Å². The largest absolute Gasteiger partial charge is 0.395 e. The molecule has 0 bridgehead atoms. The molecule has 0 aromatic heterocycles. The summed E-state index contributed by atoms with van der Waals surface area (Å²) in [6, 6.07) is 2.74. The molecule has 0 heterocycles. The fraction of sp³-hybridized carbons (Fsp3) is 0.800. The Morgan fingerprint density at radius 1 is 1.31 bits per heavy atom. The molecule has 0 aliphatic heterocycles. The van der Waals surface area contributed by atoms with E-state index in [0.717, 1.165) is 0 Å². The summed E-state index contributed by atoms with van der Waals surface area (Å²) in [5.41, 5.74) is 3.91. The molecule has 1 nitrogen and oxygen atoms in total. The molecule has 0 aliphatic rings. The first-order valence-corrected chi connectivity index (χ1v) is 8.80. The van der Waals surface area contributed by atoms with E-state index in [1.807, 2.05) is 13.8 Å². The Hall–Kier alpha value is 0.134. The van der Waals surface area contributed by atoms with Gasteiger partial charge >= 0.3 is 0 Å². The SMILES string of the molecule is CC(C)=C[SiH2]CCC[SiH2]C(C)(C)O. The first kappa shape index (κ1) is 13.1. The van der Waals surface area contributed by atoms with Gasteiger partial charge in [0.05, 0.1) is 9.52 Å². The van der Waals surface area contributed by atoms with E-state index in [4.69, 9.17) is 0 Å². The van der Waals surface area contributed by atoms with Gasteiger partial charge in [-0.2, -0.15) is 0 Å². The molecule has 3 heteroatoms. The van der Waals surface area contributed by atoms with Crippen molar-refractivity contribution < 1.29 is 5.11 Å². The lowest BCUT2D eigenvalue weighted by Crippen LogP contribution is -2.27. The zero-order valence-corrected chi connectivity index (χ0v) is 12.4. The summed E-state index contributed by atoms with van der Waals surface area (Å²) < 4.78 is 0. The smallest absolute Gasteiger partial charge is 0.0584 e. The molecular weight excluding hydrogens is 192 g/mol. The second kappa shape index (κ2) is 6.57. The van der Waals surface area contributed by atoms with Crippen LogP contribution < -0.4 is 0 Å². The first-order chi connectivity index (χ1) is 5.92. The highest BCUT2D eigenvalue weighted by Crippen LogP contribution is 2.05. The van der Waals surface area contributed by atoms with Crippen LogP contribution in [0.5, 0.6) is 0 Å². The molecule has 1 N–H and O–H groups in total. The van der Waals surface area contributed by atoms with Crippen molar-refractivity contribution in [2.75, 3.05) is 0 Å². The van der Waals surface area contributed by atoms with E-state index in [-0.39, 0.29) is 24.3 Å². The minimum absolute atomic E-state index is 0.0783. The van der Waals surface area contributed by atoms with E-state index < -0.39 is 0 Å². The van der Waals surface area contributed by atoms with Crippen LogP contribution >= 0.6 is 0 Å². The molecule has 0 radical (unpaired) electrons. The van der Waals surface area contributed by atoms with Crippen LogP contribution in [-0.2, 0) is 0 Å². The third-order valence-corrected chi connectivity index (χ3v) is 6.14. The van der Waals surface area contributed by atoms with Crippen LogP contribution in [0.3, 0.4) is 0 Å². The number of aliphatic hydroxyl groups is 1. The molecule has 0 aliphatic carbocycles. The lowest BCUT2D eigenvalue weighted by Gasteiger charge is -2.15. The van der Waals surface area contributed by atoms with Gasteiger partial charge in [-0.15, -0.1) is 5.70 Å². The molecule has 13 heavy (non-hydrogen) atoms. The van der Waals surface area contributed by atoms with E-state index >= 15 is 0 Å². The van der Waals surface area contributed by atoms with E-state index in [2.05, 4.69) is 19.5 Å². The van der Waals surface area contributed by atoms with Gasteiger partial charge in [0.15, 0.2) is 0 Å². The van der Waals surface area contributed by atoms with Crippen molar-refractivity contribution in [2.24, 2.45) is 0 Å². The summed E-state index contributed by atoms with van der Waals surface area (Å²) >= 11 is 0. The predicted octanol–water partition coefficient (Wildman–Crippen LogP) is 1.20.